The van der Waals surface area contributed by atoms with Crippen molar-refractivity contribution in [3.05, 3.63) is 42.2 Å². The Balaban J connectivity index is 0.00000341. The summed E-state index contributed by atoms with van der Waals surface area (Å²) in [5, 5.41) is 7.14. The Morgan fingerprint density at radius 3 is 2.58 bits per heavy atom. The van der Waals surface area contributed by atoms with Gasteiger partial charge in [0.2, 0.25) is 5.95 Å². The number of rotatable bonds is 9. The predicted molar refractivity (Wildman–Crippen MR) is 122 cm³/mol. The van der Waals surface area contributed by atoms with Gasteiger partial charge in [-0.1, -0.05) is 25.6 Å². The van der Waals surface area contributed by atoms with Crippen LogP contribution in [0.4, 0.5) is 5.95 Å². The molecule has 0 saturated carbocycles. The molecule has 2 heterocycles. The molecule has 1 aliphatic rings. The van der Waals surface area contributed by atoms with Gasteiger partial charge in [-0.05, 0) is 42.4 Å². The molecule has 0 unspecified atom stereocenters. The summed E-state index contributed by atoms with van der Waals surface area (Å²) >= 11 is 0. The van der Waals surface area contributed by atoms with Crippen molar-refractivity contribution in [2.24, 2.45) is 11.7 Å². The van der Waals surface area contributed by atoms with Crippen molar-refractivity contribution in [1.29, 1.82) is 5.41 Å². The zero-order valence-corrected chi connectivity index (χ0v) is 17.3. The molecule has 1 aromatic carbocycles. The molecule has 0 spiro atoms. The van der Waals surface area contributed by atoms with E-state index in [0.29, 0.717) is 5.92 Å². The third-order valence-corrected chi connectivity index (χ3v) is 5.26. The molecule has 0 bridgehead atoms. The summed E-state index contributed by atoms with van der Waals surface area (Å²) in [6, 6.07) is 7.71. The van der Waals surface area contributed by atoms with Crippen LogP contribution in [0.3, 0.4) is 0 Å². The SMILES string of the molecule is C.COCCC1CCN(c2ncc(-c3cccc(COC(=O)CC(=N)N)c3)cn2)CC1. The Labute approximate surface area is 184 Å². The fourth-order valence-corrected chi connectivity index (χ4v) is 3.55. The molecule has 2 aromatic rings. The molecule has 8 heteroatoms. The number of methoxy groups -OCH3 is 1. The van der Waals surface area contributed by atoms with Gasteiger partial charge in [-0.3, -0.25) is 10.2 Å². The second-order valence-corrected chi connectivity index (χ2v) is 7.55. The van der Waals surface area contributed by atoms with Gasteiger partial charge in [0.25, 0.3) is 0 Å². The molecule has 1 fully saturated rings. The first-order chi connectivity index (χ1) is 14.5. The number of nitrogens with one attached hydrogen (secondary N) is 1. The first-order valence-electron chi connectivity index (χ1n) is 10.2. The first-order valence-corrected chi connectivity index (χ1v) is 10.2. The summed E-state index contributed by atoms with van der Waals surface area (Å²) < 4.78 is 10.3. The molecule has 0 radical (unpaired) electrons. The summed E-state index contributed by atoms with van der Waals surface area (Å²) in [4.78, 5) is 22.9. The van der Waals surface area contributed by atoms with E-state index in [9.17, 15) is 4.79 Å². The molecule has 0 atom stereocenters. The van der Waals surface area contributed by atoms with Gasteiger partial charge in [-0.25, -0.2) is 9.97 Å². The van der Waals surface area contributed by atoms with Crippen molar-refractivity contribution >= 4 is 17.8 Å². The lowest BCUT2D eigenvalue weighted by atomic mass is 9.94. The highest BCUT2D eigenvalue weighted by Gasteiger charge is 2.20. The minimum Gasteiger partial charge on any atom is -0.460 e. The minimum atomic E-state index is -0.508. The summed E-state index contributed by atoms with van der Waals surface area (Å²) in [7, 11) is 1.75. The van der Waals surface area contributed by atoms with Crippen LogP contribution in [-0.2, 0) is 20.9 Å². The fourth-order valence-electron chi connectivity index (χ4n) is 3.55. The molecular weight excluding hydrogens is 394 g/mol. The van der Waals surface area contributed by atoms with Crippen LogP contribution in [0.25, 0.3) is 11.1 Å². The van der Waals surface area contributed by atoms with Gasteiger partial charge in [0.1, 0.15) is 18.9 Å². The summed E-state index contributed by atoms with van der Waals surface area (Å²) in [6.07, 6.45) is 6.86. The Hall–Kier alpha value is -3.00. The molecule has 0 aliphatic carbocycles. The van der Waals surface area contributed by atoms with E-state index in [1.54, 1.807) is 7.11 Å². The Morgan fingerprint density at radius 2 is 1.94 bits per heavy atom. The van der Waals surface area contributed by atoms with Crippen molar-refractivity contribution in [2.75, 3.05) is 31.7 Å². The number of amidine groups is 1. The smallest absolute Gasteiger partial charge is 0.313 e. The summed E-state index contributed by atoms with van der Waals surface area (Å²) in [6.45, 7) is 2.89. The molecule has 0 amide bonds. The molecule has 3 rings (SSSR count). The van der Waals surface area contributed by atoms with Gasteiger partial charge in [0, 0.05) is 44.8 Å². The third-order valence-electron chi connectivity index (χ3n) is 5.26. The van der Waals surface area contributed by atoms with E-state index in [-0.39, 0.29) is 26.3 Å². The van der Waals surface area contributed by atoms with E-state index in [0.717, 1.165) is 61.6 Å². The molecule has 1 saturated heterocycles. The molecule has 3 N–H and O–H groups in total. The van der Waals surface area contributed by atoms with Crippen molar-refractivity contribution in [1.82, 2.24) is 9.97 Å². The predicted octanol–water partition coefficient (Wildman–Crippen LogP) is 3.40. The molecule has 168 valence electrons. The third kappa shape index (κ3) is 7.32. The lowest BCUT2D eigenvalue weighted by molar-refractivity contribution is -0.143. The van der Waals surface area contributed by atoms with E-state index in [4.69, 9.17) is 20.6 Å². The van der Waals surface area contributed by atoms with Gasteiger partial charge in [0.05, 0.1) is 0 Å². The highest BCUT2D eigenvalue weighted by molar-refractivity contribution is 5.94. The quantitative estimate of drug-likeness (QED) is 0.358. The lowest BCUT2D eigenvalue weighted by Gasteiger charge is -2.31. The average molecular weight is 428 g/mol. The number of esters is 1. The maximum absolute atomic E-state index is 11.6. The molecule has 31 heavy (non-hydrogen) atoms. The fraction of sp³-hybridized carbons (Fsp3) is 0.478. The van der Waals surface area contributed by atoms with Gasteiger partial charge < -0.3 is 20.1 Å². The Bertz CT molecular complexity index is 849. The Morgan fingerprint density at radius 1 is 1.23 bits per heavy atom. The number of nitrogens with zero attached hydrogens (tertiary/aromatic N) is 3. The number of carbonyl (C=O) groups excluding carboxylic acids is 1. The number of hydrogen-bond donors (Lipinski definition) is 2. The van der Waals surface area contributed by atoms with Gasteiger partial charge >= 0.3 is 5.97 Å². The van der Waals surface area contributed by atoms with Crippen LogP contribution >= 0.6 is 0 Å². The molecule has 1 aromatic heterocycles. The van der Waals surface area contributed by atoms with Gasteiger partial charge in [-0.15, -0.1) is 0 Å². The first kappa shape index (κ1) is 24.3. The van der Waals surface area contributed by atoms with Crippen LogP contribution in [0, 0.1) is 11.3 Å². The van der Waals surface area contributed by atoms with Crippen LogP contribution in [0.5, 0.6) is 0 Å². The summed E-state index contributed by atoms with van der Waals surface area (Å²) in [5.74, 6) is 0.766. The minimum absolute atomic E-state index is 0. The van der Waals surface area contributed by atoms with Gasteiger partial charge in [0.15, 0.2) is 0 Å². The van der Waals surface area contributed by atoms with Crippen LogP contribution in [0.2, 0.25) is 0 Å². The van der Waals surface area contributed by atoms with E-state index in [2.05, 4.69) is 14.9 Å². The molecule has 1 aliphatic heterocycles. The number of ether oxygens (including phenoxy) is 2. The lowest BCUT2D eigenvalue weighted by Crippen LogP contribution is -2.35. The van der Waals surface area contributed by atoms with Crippen LogP contribution in [0.15, 0.2) is 36.7 Å². The van der Waals surface area contributed by atoms with Crippen molar-refractivity contribution in [2.45, 2.75) is 39.7 Å². The number of carbonyl (C=O) groups is 1. The average Bonchev–Trinajstić information content (AvgIpc) is 2.76. The maximum Gasteiger partial charge on any atom is 0.313 e. The monoisotopic (exact) mass is 427 g/mol. The standard InChI is InChI=1S/C22H29N5O3.CH4/c1-29-10-7-16-5-8-27(9-6-16)22-25-13-19(14-26-22)18-4-2-3-17(11-18)15-30-21(28)12-20(23)24;/h2-4,11,13-14,16H,5-10,12,15H2,1H3,(H3,23,24);1H4. The molecule has 8 nitrogen and oxygen atoms in total. The van der Waals surface area contributed by atoms with E-state index in [1.807, 2.05) is 36.7 Å². The number of benzene rings is 1. The zero-order valence-electron chi connectivity index (χ0n) is 17.3. The maximum atomic E-state index is 11.6. The van der Waals surface area contributed by atoms with Crippen molar-refractivity contribution < 1.29 is 14.3 Å². The van der Waals surface area contributed by atoms with Gasteiger partial charge in [-0.2, -0.15) is 0 Å². The Kier molecular flexibility index (Phi) is 9.40. The van der Waals surface area contributed by atoms with Crippen LogP contribution in [0.1, 0.15) is 38.7 Å². The van der Waals surface area contributed by atoms with Crippen molar-refractivity contribution in [3.8, 4) is 11.1 Å². The number of aromatic nitrogens is 2. The largest absolute Gasteiger partial charge is 0.460 e. The normalized spacial score (nSPS) is 14.0. The molecular formula is C23H33N5O3. The number of nitrogens with two attached hydrogens (primary N) is 1. The number of anilines is 1. The van der Waals surface area contributed by atoms with Crippen LogP contribution < -0.4 is 10.6 Å². The number of piperidine rings is 1. The summed E-state index contributed by atoms with van der Waals surface area (Å²) in [5.41, 5.74) is 7.93. The second kappa shape index (κ2) is 12.0. The zero-order chi connectivity index (χ0) is 21.3. The highest BCUT2D eigenvalue weighted by atomic mass is 16.5. The topological polar surface area (TPSA) is 114 Å². The second-order valence-electron chi connectivity index (χ2n) is 7.55. The van der Waals surface area contributed by atoms with Crippen molar-refractivity contribution in [3.63, 3.8) is 0 Å². The van der Waals surface area contributed by atoms with E-state index >= 15 is 0 Å². The van der Waals surface area contributed by atoms with E-state index in [1.165, 1.54) is 0 Å². The van der Waals surface area contributed by atoms with Crippen LogP contribution in [-0.4, -0.2) is 48.6 Å². The van der Waals surface area contributed by atoms with E-state index < -0.39 is 5.97 Å². The highest BCUT2D eigenvalue weighted by Crippen LogP contribution is 2.25. The number of hydrogen-bond acceptors (Lipinski definition) is 7.